The molecule has 1 amide bonds. The highest BCUT2D eigenvalue weighted by Gasteiger charge is 2.23. The van der Waals surface area contributed by atoms with Gasteiger partial charge in [0, 0.05) is 31.9 Å². The first kappa shape index (κ1) is 18.0. The molecule has 1 atom stereocenters. The maximum atomic E-state index is 11.4. The van der Waals surface area contributed by atoms with Gasteiger partial charge in [-0.15, -0.1) is 0 Å². The number of nitrogens with two attached hydrogens (primary N) is 1. The van der Waals surface area contributed by atoms with Gasteiger partial charge < -0.3 is 16.0 Å². The highest BCUT2D eigenvalue weighted by Crippen LogP contribution is 2.23. The number of nitrogens with one attached hydrogen (secondary N) is 1. The summed E-state index contributed by atoms with van der Waals surface area (Å²) in [7, 11) is 0. The zero-order valence-corrected chi connectivity index (χ0v) is 14.8. The SMILES string of the molecule is N#Cc1ccc(CNCc2ccc(N3CCC[C@@H](C(N)=O)C3)cc2)cc1. The summed E-state index contributed by atoms with van der Waals surface area (Å²) in [5.41, 5.74) is 9.66. The molecule has 0 saturated carbocycles. The van der Waals surface area contributed by atoms with Crippen LogP contribution in [0.4, 0.5) is 5.69 Å². The summed E-state index contributed by atoms with van der Waals surface area (Å²) in [6.45, 7) is 3.23. The Hall–Kier alpha value is -2.84. The van der Waals surface area contributed by atoms with Crippen molar-refractivity contribution in [3.8, 4) is 6.07 Å². The number of rotatable bonds is 6. The lowest BCUT2D eigenvalue weighted by molar-refractivity contribution is -0.122. The van der Waals surface area contributed by atoms with Gasteiger partial charge in [0.25, 0.3) is 0 Å². The van der Waals surface area contributed by atoms with Crippen LogP contribution in [0, 0.1) is 17.2 Å². The Morgan fingerprint density at radius 3 is 2.31 bits per heavy atom. The molecule has 5 nitrogen and oxygen atoms in total. The van der Waals surface area contributed by atoms with E-state index in [0.717, 1.165) is 43.7 Å². The minimum atomic E-state index is -0.196. The molecule has 1 heterocycles. The second-order valence-corrected chi connectivity index (χ2v) is 6.77. The topological polar surface area (TPSA) is 82.2 Å². The minimum absolute atomic E-state index is 0.0440. The number of hydrogen-bond donors (Lipinski definition) is 2. The average Bonchev–Trinajstić information content (AvgIpc) is 2.69. The molecule has 26 heavy (non-hydrogen) atoms. The molecule has 0 aromatic heterocycles. The number of piperidine rings is 1. The molecule has 0 unspecified atom stereocenters. The largest absolute Gasteiger partial charge is 0.371 e. The average molecular weight is 348 g/mol. The van der Waals surface area contributed by atoms with Gasteiger partial charge in [-0.3, -0.25) is 4.79 Å². The summed E-state index contributed by atoms with van der Waals surface area (Å²) in [5.74, 6) is -0.240. The van der Waals surface area contributed by atoms with Crippen molar-refractivity contribution in [3.05, 3.63) is 65.2 Å². The Balaban J connectivity index is 1.51. The van der Waals surface area contributed by atoms with Gasteiger partial charge in [-0.2, -0.15) is 5.26 Å². The fourth-order valence-corrected chi connectivity index (χ4v) is 3.32. The van der Waals surface area contributed by atoms with E-state index in [1.54, 1.807) is 0 Å². The molecule has 3 rings (SSSR count). The molecule has 0 aliphatic carbocycles. The zero-order valence-electron chi connectivity index (χ0n) is 14.8. The molecular formula is C21H24N4O. The number of anilines is 1. The zero-order chi connectivity index (χ0) is 18.4. The van der Waals surface area contributed by atoms with Gasteiger partial charge in [-0.05, 0) is 48.2 Å². The van der Waals surface area contributed by atoms with Gasteiger partial charge in [0.05, 0.1) is 17.6 Å². The third kappa shape index (κ3) is 4.62. The van der Waals surface area contributed by atoms with Crippen LogP contribution in [-0.4, -0.2) is 19.0 Å². The monoisotopic (exact) mass is 348 g/mol. The Morgan fingerprint density at radius 2 is 1.73 bits per heavy atom. The highest BCUT2D eigenvalue weighted by molar-refractivity contribution is 5.77. The molecule has 0 spiro atoms. The van der Waals surface area contributed by atoms with Crippen LogP contribution in [0.5, 0.6) is 0 Å². The molecule has 1 aliphatic heterocycles. The quantitative estimate of drug-likeness (QED) is 0.840. The minimum Gasteiger partial charge on any atom is -0.371 e. The van der Waals surface area contributed by atoms with Crippen molar-refractivity contribution in [3.63, 3.8) is 0 Å². The van der Waals surface area contributed by atoms with Crippen LogP contribution in [0.1, 0.15) is 29.5 Å². The number of carbonyl (C=O) groups is 1. The van der Waals surface area contributed by atoms with E-state index in [1.165, 1.54) is 5.56 Å². The molecule has 134 valence electrons. The number of primary amides is 1. The Labute approximate surface area is 154 Å². The third-order valence-corrected chi connectivity index (χ3v) is 4.87. The smallest absolute Gasteiger partial charge is 0.222 e. The van der Waals surface area contributed by atoms with Gasteiger partial charge in [-0.1, -0.05) is 24.3 Å². The van der Waals surface area contributed by atoms with Gasteiger partial charge >= 0.3 is 0 Å². The molecule has 1 saturated heterocycles. The van der Waals surface area contributed by atoms with Crippen molar-refractivity contribution >= 4 is 11.6 Å². The molecule has 2 aromatic carbocycles. The molecule has 0 radical (unpaired) electrons. The van der Waals surface area contributed by atoms with Gasteiger partial charge in [0.1, 0.15) is 0 Å². The van der Waals surface area contributed by atoms with E-state index in [2.05, 4.69) is 40.6 Å². The summed E-state index contributed by atoms with van der Waals surface area (Å²) < 4.78 is 0. The molecule has 3 N–H and O–H groups in total. The summed E-state index contributed by atoms with van der Waals surface area (Å²) in [4.78, 5) is 13.7. The molecule has 0 bridgehead atoms. The van der Waals surface area contributed by atoms with E-state index in [9.17, 15) is 4.79 Å². The number of nitriles is 1. The van der Waals surface area contributed by atoms with Crippen LogP contribution >= 0.6 is 0 Å². The van der Waals surface area contributed by atoms with E-state index in [4.69, 9.17) is 11.0 Å². The first-order chi connectivity index (χ1) is 12.7. The molecular weight excluding hydrogens is 324 g/mol. The predicted molar refractivity (Wildman–Crippen MR) is 102 cm³/mol. The van der Waals surface area contributed by atoms with Gasteiger partial charge in [0.15, 0.2) is 0 Å². The van der Waals surface area contributed by atoms with E-state index < -0.39 is 0 Å². The lowest BCUT2D eigenvalue weighted by Crippen LogP contribution is -2.41. The van der Waals surface area contributed by atoms with Crippen molar-refractivity contribution in [2.45, 2.75) is 25.9 Å². The third-order valence-electron chi connectivity index (χ3n) is 4.87. The maximum Gasteiger partial charge on any atom is 0.222 e. The number of benzene rings is 2. The normalized spacial score (nSPS) is 16.9. The Morgan fingerprint density at radius 1 is 1.12 bits per heavy atom. The number of hydrogen-bond acceptors (Lipinski definition) is 4. The van der Waals surface area contributed by atoms with Crippen LogP contribution in [0.15, 0.2) is 48.5 Å². The van der Waals surface area contributed by atoms with Crippen LogP contribution < -0.4 is 16.0 Å². The first-order valence-electron chi connectivity index (χ1n) is 8.98. The Bertz CT molecular complexity index is 777. The number of nitrogens with zero attached hydrogens (tertiary/aromatic N) is 2. The van der Waals surface area contributed by atoms with Crippen LogP contribution in [0.2, 0.25) is 0 Å². The molecule has 1 fully saturated rings. The van der Waals surface area contributed by atoms with Gasteiger partial charge in [-0.25, -0.2) is 0 Å². The number of carbonyl (C=O) groups excluding carboxylic acids is 1. The van der Waals surface area contributed by atoms with Crippen molar-refractivity contribution in [1.82, 2.24) is 5.32 Å². The van der Waals surface area contributed by atoms with Crippen molar-refractivity contribution < 1.29 is 4.79 Å². The van der Waals surface area contributed by atoms with Crippen molar-refractivity contribution in [1.29, 1.82) is 5.26 Å². The van der Waals surface area contributed by atoms with Crippen molar-refractivity contribution in [2.24, 2.45) is 11.7 Å². The molecule has 5 heteroatoms. The Kier molecular flexibility index (Phi) is 5.88. The van der Waals surface area contributed by atoms with E-state index >= 15 is 0 Å². The summed E-state index contributed by atoms with van der Waals surface area (Å²) >= 11 is 0. The predicted octanol–water partition coefficient (Wildman–Crippen LogP) is 2.55. The lowest BCUT2D eigenvalue weighted by atomic mass is 9.97. The standard InChI is InChI=1S/C21H24N4O/c22-12-16-3-5-17(6-4-16)13-24-14-18-7-9-20(10-8-18)25-11-1-2-19(15-25)21(23)26/h3-10,19,24H,1-2,11,13-15H2,(H2,23,26)/t19-/m1/s1. The van der Waals surface area contributed by atoms with E-state index in [0.29, 0.717) is 12.1 Å². The van der Waals surface area contributed by atoms with Crippen LogP contribution in [0.25, 0.3) is 0 Å². The van der Waals surface area contributed by atoms with Gasteiger partial charge in [0.2, 0.25) is 5.91 Å². The van der Waals surface area contributed by atoms with Crippen molar-refractivity contribution in [2.75, 3.05) is 18.0 Å². The highest BCUT2D eigenvalue weighted by atomic mass is 16.1. The first-order valence-corrected chi connectivity index (χ1v) is 8.98. The summed E-state index contributed by atoms with van der Waals surface area (Å²) in [6.07, 6.45) is 1.89. The fourth-order valence-electron chi connectivity index (χ4n) is 3.32. The summed E-state index contributed by atoms with van der Waals surface area (Å²) in [6, 6.07) is 18.2. The lowest BCUT2D eigenvalue weighted by Gasteiger charge is -2.33. The molecule has 2 aromatic rings. The second kappa shape index (κ2) is 8.50. The number of amides is 1. The fraction of sp³-hybridized carbons (Fsp3) is 0.333. The molecule has 1 aliphatic rings. The summed E-state index contributed by atoms with van der Waals surface area (Å²) in [5, 5.41) is 12.2. The second-order valence-electron chi connectivity index (χ2n) is 6.77. The van der Waals surface area contributed by atoms with E-state index in [1.807, 2.05) is 24.3 Å². The van der Waals surface area contributed by atoms with E-state index in [-0.39, 0.29) is 11.8 Å². The van der Waals surface area contributed by atoms with Crippen LogP contribution in [0.3, 0.4) is 0 Å². The van der Waals surface area contributed by atoms with Crippen LogP contribution in [-0.2, 0) is 17.9 Å². The maximum absolute atomic E-state index is 11.4.